The minimum atomic E-state index is -0.499. The van der Waals surface area contributed by atoms with Gasteiger partial charge in [0.1, 0.15) is 0 Å². The van der Waals surface area contributed by atoms with Crippen molar-refractivity contribution < 1.29 is 5.11 Å². The molecule has 0 aliphatic heterocycles. The van der Waals surface area contributed by atoms with Crippen LogP contribution in [0.15, 0.2) is 12.1 Å². The lowest BCUT2D eigenvalue weighted by Crippen LogP contribution is -1.99. The van der Waals surface area contributed by atoms with Crippen molar-refractivity contribution in [2.24, 2.45) is 0 Å². The molecule has 0 amide bonds. The molecular formula is C12H17ClO. The van der Waals surface area contributed by atoms with E-state index in [0.29, 0.717) is 10.9 Å². The quantitative estimate of drug-likeness (QED) is 0.790. The van der Waals surface area contributed by atoms with Gasteiger partial charge in [-0.2, -0.15) is 0 Å². The Bertz CT molecular complexity index is 300. The molecule has 0 radical (unpaired) electrons. The van der Waals surface area contributed by atoms with Crippen LogP contribution in [0.4, 0.5) is 0 Å². The highest BCUT2D eigenvalue weighted by atomic mass is 35.5. The first kappa shape index (κ1) is 11.5. The Balaban J connectivity index is 3.27. The van der Waals surface area contributed by atoms with Crippen molar-refractivity contribution in [2.45, 2.75) is 39.7 Å². The van der Waals surface area contributed by atoms with Gasteiger partial charge < -0.3 is 5.11 Å². The van der Waals surface area contributed by atoms with Crippen molar-refractivity contribution in [3.63, 3.8) is 0 Å². The smallest absolute Gasteiger partial charge is 0.0776 e. The topological polar surface area (TPSA) is 20.2 Å². The first-order chi connectivity index (χ1) is 6.43. The zero-order chi connectivity index (χ0) is 10.9. The van der Waals surface area contributed by atoms with Gasteiger partial charge in [0.25, 0.3) is 0 Å². The SMILES string of the molecule is Cc1cc(Cl)c(C(C)O)cc1C(C)C. The Kier molecular flexibility index (Phi) is 3.57. The molecule has 1 aromatic rings. The maximum atomic E-state index is 9.52. The van der Waals surface area contributed by atoms with Gasteiger partial charge >= 0.3 is 0 Å². The first-order valence-corrected chi connectivity index (χ1v) is 5.29. The van der Waals surface area contributed by atoms with Crippen LogP contribution in [0.5, 0.6) is 0 Å². The van der Waals surface area contributed by atoms with E-state index >= 15 is 0 Å². The Hall–Kier alpha value is -0.530. The summed E-state index contributed by atoms with van der Waals surface area (Å²) in [5.74, 6) is 0.463. The zero-order valence-corrected chi connectivity index (χ0v) is 9.89. The van der Waals surface area contributed by atoms with Gasteiger partial charge in [-0.25, -0.2) is 0 Å². The van der Waals surface area contributed by atoms with Gasteiger partial charge in [-0.1, -0.05) is 31.5 Å². The summed E-state index contributed by atoms with van der Waals surface area (Å²) in [5.41, 5.74) is 3.26. The van der Waals surface area contributed by atoms with Crippen molar-refractivity contribution in [1.29, 1.82) is 0 Å². The Labute approximate surface area is 90.7 Å². The minimum Gasteiger partial charge on any atom is -0.389 e. The van der Waals surface area contributed by atoms with E-state index < -0.39 is 6.10 Å². The first-order valence-electron chi connectivity index (χ1n) is 4.91. The van der Waals surface area contributed by atoms with Gasteiger partial charge in [-0.05, 0) is 42.5 Å². The lowest BCUT2D eigenvalue weighted by atomic mass is 9.94. The lowest BCUT2D eigenvalue weighted by molar-refractivity contribution is 0.199. The zero-order valence-electron chi connectivity index (χ0n) is 9.13. The third-order valence-corrected chi connectivity index (χ3v) is 2.78. The molecule has 0 bridgehead atoms. The van der Waals surface area contributed by atoms with Crippen LogP contribution in [0.2, 0.25) is 5.02 Å². The Morgan fingerprint density at radius 1 is 1.14 bits per heavy atom. The summed E-state index contributed by atoms with van der Waals surface area (Å²) in [6.07, 6.45) is -0.499. The van der Waals surface area contributed by atoms with Gasteiger partial charge in [0.05, 0.1) is 6.10 Å². The molecule has 0 heterocycles. The summed E-state index contributed by atoms with van der Waals surface area (Å²) in [5, 5.41) is 10.2. The highest BCUT2D eigenvalue weighted by molar-refractivity contribution is 6.31. The van der Waals surface area contributed by atoms with E-state index in [1.807, 2.05) is 19.1 Å². The van der Waals surface area contributed by atoms with Crippen LogP contribution in [0.1, 0.15) is 49.5 Å². The second-order valence-corrected chi connectivity index (χ2v) is 4.47. The molecule has 1 aromatic carbocycles. The summed E-state index contributed by atoms with van der Waals surface area (Å²) in [6.45, 7) is 8.07. The van der Waals surface area contributed by atoms with Gasteiger partial charge in [0.15, 0.2) is 0 Å². The van der Waals surface area contributed by atoms with E-state index in [4.69, 9.17) is 11.6 Å². The van der Waals surface area contributed by atoms with E-state index in [1.54, 1.807) is 6.92 Å². The second-order valence-electron chi connectivity index (χ2n) is 4.06. The average Bonchev–Trinajstić information content (AvgIpc) is 2.02. The average molecular weight is 213 g/mol. The van der Waals surface area contributed by atoms with Gasteiger partial charge in [-0.15, -0.1) is 0 Å². The number of aliphatic hydroxyl groups is 1. The van der Waals surface area contributed by atoms with E-state index in [2.05, 4.69) is 13.8 Å². The molecule has 0 saturated heterocycles. The maximum Gasteiger partial charge on any atom is 0.0776 e. The second kappa shape index (κ2) is 4.33. The van der Waals surface area contributed by atoms with Crippen LogP contribution in [0, 0.1) is 6.92 Å². The Morgan fingerprint density at radius 2 is 1.71 bits per heavy atom. The molecule has 1 nitrogen and oxygen atoms in total. The normalized spacial score (nSPS) is 13.4. The van der Waals surface area contributed by atoms with Crippen molar-refractivity contribution in [3.8, 4) is 0 Å². The summed E-state index contributed by atoms with van der Waals surface area (Å²) in [6, 6.07) is 3.94. The number of aliphatic hydroxyl groups excluding tert-OH is 1. The van der Waals surface area contributed by atoms with Gasteiger partial charge in [0, 0.05) is 5.02 Å². The van der Waals surface area contributed by atoms with Crippen molar-refractivity contribution in [1.82, 2.24) is 0 Å². The number of halogens is 1. The maximum absolute atomic E-state index is 9.52. The molecule has 0 spiro atoms. The fourth-order valence-corrected chi connectivity index (χ4v) is 2.03. The van der Waals surface area contributed by atoms with Gasteiger partial charge in [-0.3, -0.25) is 0 Å². The van der Waals surface area contributed by atoms with Crippen molar-refractivity contribution >= 4 is 11.6 Å². The van der Waals surface area contributed by atoms with E-state index in [1.165, 1.54) is 11.1 Å². The molecule has 1 unspecified atom stereocenters. The fourth-order valence-electron chi connectivity index (χ4n) is 1.65. The van der Waals surface area contributed by atoms with E-state index in [-0.39, 0.29) is 0 Å². The standard InChI is InChI=1S/C12H17ClO/c1-7(2)10-6-11(9(4)14)12(13)5-8(10)3/h5-7,9,14H,1-4H3. The molecule has 2 heteroatoms. The van der Waals surface area contributed by atoms with Crippen LogP contribution >= 0.6 is 11.6 Å². The summed E-state index contributed by atoms with van der Waals surface area (Å²) < 4.78 is 0. The minimum absolute atomic E-state index is 0.463. The van der Waals surface area contributed by atoms with Crippen molar-refractivity contribution in [2.75, 3.05) is 0 Å². The van der Waals surface area contributed by atoms with E-state index in [0.717, 1.165) is 5.56 Å². The summed E-state index contributed by atoms with van der Waals surface area (Å²) in [7, 11) is 0. The lowest BCUT2D eigenvalue weighted by Gasteiger charge is -2.15. The van der Waals surface area contributed by atoms with Crippen LogP contribution in [-0.4, -0.2) is 5.11 Å². The molecule has 0 aliphatic carbocycles. The summed E-state index contributed by atoms with van der Waals surface area (Å²) in [4.78, 5) is 0. The third kappa shape index (κ3) is 2.28. The molecule has 1 atom stereocenters. The highest BCUT2D eigenvalue weighted by Gasteiger charge is 2.11. The third-order valence-electron chi connectivity index (χ3n) is 2.46. The largest absolute Gasteiger partial charge is 0.389 e. The number of hydrogen-bond acceptors (Lipinski definition) is 1. The number of hydrogen-bond donors (Lipinski definition) is 1. The van der Waals surface area contributed by atoms with Crippen molar-refractivity contribution in [3.05, 3.63) is 33.8 Å². The van der Waals surface area contributed by atoms with Gasteiger partial charge in [0.2, 0.25) is 0 Å². The monoisotopic (exact) mass is 212 g/mol. The fraction of sp³-hybridized carbons (Fsp3) is 0.500. The molecule has 1 N–H and O–H groups in total. The number of rotatable bonds is 2. The molecular weight excluding hydrogens is 196 g/mol. The van der Waals surface area contributed by atoms with Crippen LogP contribution < -0.4 is 0 Å². The highest BCUT2D eigenvalue weighted by Crippen LogP contribution is 2.29. The molecule has 0 fully saturated rings. The Morgan fingerprint density at radius 3 is 2.14 bits per heavy atom. The van der Waals surface area contributed by atoms with Crippen LogP contribution in [0.3, 0.4) is 0 Å². The van der Waals surface area contributed by atoms with Crippen LogP contribution in [-0.2, 0) is 0 Å². The predicted octanol–water partition coefficient (Wildman–Crippen LogP) is 3.83. The molecule has 0 saturated carbocycles. The molecule has 0 aliphatic rings. The predicted molar refractivity (Wildman–Crippen MR) is 60.9 cm³/mol. The van der Waals surface area contributed by atoms with E-state index in [9.17, 15) is 5.11 Å². The number of benzene rings is 1. The molecule has 0 aromatic heterocycles. The molecule has 14 heavy (non-hydrogen) atoms. The molecule has 1 rings (SSSR count). The molecule has 78 valence electrons. The van der Waals surface area contributed by atoms with Crippen LogP contribution in [0.25, 0.3) is 0 Å². The number of aryl methyl sites for hydroxylation is 1. The summed E-state index contributed by atoms with van der Waals surface area (Å²) >= 11 is 6.04.